The standard InChI is InChI=1S/C30H30N2O6/c1-30(2,3)38-29(34)26(31-27(22-11-7-5-8-12-22)23-13-9-6-10-14-23)20-24(28(33)37-4)19-21-15-17-25(18-16-21)32(35)36/h5-19,26H,20H2,1-4H3/b24-19+/t26-/m0/s1. The number of nitro groups is 1. The zero-order chi connectivity index (χ0) is 27.7. The molecular formula is C30H30N2O6. The molecule has 8 heteroatoms. The van der Waals surface area contributed by atoms with Gasteiger partial charge >= 0.3 is 11.9 Å². The summed E-state index contributed by atoms with van der Waals surface area (Å²) < 4.78 is 10.7. The molecule has 3 rings (SSSR count). The molecule has 0 aliphatic heterocycles. The van der Waals surface area contributed by atoms with Crippen LogP contribution in [0.3, 0.4) is 0 Å². The first kappa shape index (κ1) is 28.0. The zero-order valence-electron chi connectivity index (χ0n) is 21.8. The Bertz CT molecular complexity index is 1280. The van der Waals surface area contributed by atoms with Crippen LogP contribution in [0.1, 0.15) is 43.9 Å². The third-order valence-corrected chi connectivity index (χ3v) is 5.36. The Kier molecular flexibility index (Phi) is 9.27. The fourth-order valence-electron chi connectivity index (χ4n) is 3.65. The molecule has 0 saturated heterocycles. The fraction of sp³-hybridized carbons (Fsp3) is 0.233. The number of benzene rings is 3. The van der Waals surface area contributed by atoms with Crippen LogP contribution in [0.25, 0.3) is 6.08 Å². The maximum atomic E-state index is 13.4. The van der Waals surface area contributed by atoms with Crippen molar-refractivity contribution in [1.29, 1.82) is 0 Å². The maximum Gasteiger partial charge on any atom is 0.333 e. The lowest BCUT2D eigenvalue weighted by Gasteiger charge is -2.23. The molecule has 0 aliphatic carbocycles. The average molecular weight is 515 g/mol. The lowest BCUT2D eigenvalue weighted by atomic mass is 9.99. The molecule has 0 amide bonds. The molecule has 0 saturated carbocycles. The number of nitrogens with zero attached hydrogens (tertiary/aromatic N) is 2. The molecular weight excluding hydrogens is 484 g/mol. The van der Waals surface area contributed by atoms with E-state index in [9.17, 15) is 19.7 Å². The minimum Gasteiger partial charge on any atom is -0.466 e. The third kappa shape index (κ3) is 7.96. The van der Waals surface area contributed by atoms with E-state index in [0.29, 0.717) is 11.3 Å². The number of rotatable bonds is 9. The van der Waals surface area contributed by atoms with Crippen molar-refractivity contribution < 1.29 is 24.0 Å². The Hall–Kier alpha value is -4.59. The lowest BCUT2D eigenvalue weighted by molar-refractivity contribution is -0.384. The molecule has 3 aromatic carbocycles. The molecule has 0 radical (unpaired) electrons. The lowest BCUT2D eigenvalue weighted by Crippen LogP contribution is -2.32. The van der Waals surface area contributed by atoms with Crippen LogP contribution < -0.4 is 0 Å². The van der Waals surface area contributed by atoms with E-state index >= 15 is 0 Å². The van der Waals surface area contributed by atoms with Crippen LogP contribution >= 0.6 is 0 Å². The Morgan fingerprint density at radius 1 is 0.921 bits per heavy atom. The van der Waals surface area contributed by atoms with Crippen LogP contribution in [0.5, 0.6) is 0 Å². The number of esters is 2. The molecule has 8 nitrogen and oxygen atoms in total. The Balaban J connectivity index is 2.11. The monoisotopic (exact) mass is 514 g/mol. The summed E-state index contributed by atoms with van der Waals surface area (Å²) in [7, 11) is 1.25. The number of methoxy groups -OCH3 is 1. The van der Waals surface area contributed by atoms with E-state index < -0.39 is 28.5 Å². The number of hydrogen-bond acceptors (Lipinski definition) is 7. The number of hydrogen-bond donors (Lipinski definition) is 0. The van der Waals surface area contributed by atoms with Crippen molar-refractivity contribution in [3.05, 3.63) is 117 Å². The van der Waals surface area contributed by atoms with E-state index in [1.54, 1.807) is 20.8 Å². The molecule has 0 fully saturated rings. The van der Waals surface area contributed by atoms with Crippen LogP contribution in [-0.4, -0.2) is 41.3 Å². The minimum atomic E-state index is -1.08. The van der Waals surface area contributed by atoms with Crippen LogP contribution in [0.15, 0.2) is 95.5 Å². The summed E-state index contributed by atoms with van der Waals surface area (Å²) in [6, 6.07) is 23.5. The molecule has 0 spiro atoms. The molecule has 0 aliphatic rings. The first-order valence-corrected chi connectivity index (χ1v) is 12.0. The largest absolute Gasteiger partial charge is 0.466 e. The van der Waals surface area contributed by atoms with E-state index in [-0.39, 0.29) is 17.7 Å². The normalized spacial score (nSPS) is 12.3. The van der Waals surface area contributed by atoms with Crippen molar-refractivity contribution in [2.24, 2.45) is 4.99 Å². The SMILES string of the molecule is COC(=O)/C(=C/c1ccc([N+](=O)[O-])cc1)C[C@H](N=C(c1ccccc1)c1ccccc1)C(=O)OC(C)(C)C. The van der Waals surface area contributed by atoms with Gasteiger partial charge in [0.05, 0.1) is 17.7 Å². The molecule has 1 atom stereocenters. The summed E-state index contributed by atoms with van der Waals surface area (Å²) >= 11 is 0. The fourth-order valence-corrected chi connectivity index (χ4v) is 3.65. The predicted octanol–water partition coefficient (Wildman–Crippen LogP) is 5.79. The Labute approximate surface area is 221 Å². The van der Waals surface area contributed by atoms with Gasteiger partial charge in [-0.2, -0.15) is 0 Å². The highest BCUT2D eigenvalue weighted by Gasteiger charge is 2.29. The summed E-state index contributed by atoms with van der Waals surface area (Å²) in [6.45, 7) is 5.28. The zero-order valence-corrected chi connectivity index (χ0v) is 21.8. The molecule has 196 valence electrons. The van der Waals surface area contributed by atoms with Crippen LogP contribution in [-0.2, 0) is 19.1 Å². The second kappa shape index (κ2) is 12.6. The molecule has 0 heterocycles. The van der Waals surface area contributed by atoms with Gasteiger partial charge in [-0.3, -0.25) is 15.1 Å². The molecule has 0 aromatic heterocycles. The van der Waals surface area contributed by atoms with Crippen molar-refractivity contribution in [2.75, 3.05) is 7.11 Å². The van der Waals surface area contributed by atoms with Crippen molar-refractivity contribution in [1.82, 2.24) is 0 Å². The Morgan fingerprint density at radius 2 is 1.45 bits per heavy atom. The topological polar surface area (TPSA) is 108 Å². The maximum absolute atomic E-state index is 13.4. The number of carbonyl (C=O) groups excluding carboxylic acids is 2. The molecule has 0 unspecified atom stereocenters. The molecule has 0 bridgehead atoms. The third-order valence-electron chi connectivity index (χ3n) is 5.36. The number of carbonyl (C=O) groups is 2. The van der Waals surface area contributed by atoms with E-state index in [2.05, 4.69) is 0 Å². The molecule has 38 heavy (non-hydrogen) atoms. The van der Waals surface area contributed by atoms with E-state index in [1.165, 1.54) is 37.5 Å². The summed E-state index contributed by atoms with van der Waals surface area (Å²) in [5.41, 5.74) is 2.01. The summed E-state index contributed by atoms with van der Waals surface area (Å²) in [6.07, 6.45) is 1.43. The summed E-state index contributed by atoms with van der Waals surface area (Å²) in [5.74, 6) is -1.24. The average Bonchev–Trinajstić information content (AvgIpc) is 2.90. The second-order valence-corrected chi connectivity index (χ2v) is 9.47. The van der Waals surface area contributed by atoms with Crippen LogP contribution in [0.4, 0.5) is 5.69 Å². The van der Waals surface area contributed by atoms with Gasteiger partial charge in [0.2, 0.25) is 0 Å². The van der Waals surface area contributed by atoms with Crippen molar-refractivity contribution in [3.63, 3.8) is 0 Å². The number of ether oxygens (including phenoxy) is 2. The Morgan fingerprint density at radius 3 is 1.89 bits per heavy atom. The molecule has 0 N–H and O–H groups in total. The van der Waals surface area contributed by atoms with Crippen molar-refractivity contribution in [2.45, 2.75) is 38.8 Å². The van der Waals surface area contributed by atoms with Gasteiger partial charge in [-0.25, -0.2) is 9.59 Å². The highest BCUT2D eigenvalue weighted by Crippen LogP contribution is 2.22. The minimum absolute atomic E-state index is 0.0756. The predicted molar refractivity (Wildman–Crippen MR) is 146 cm³/mol. The van der Waals surface area contributed by atoms with Gasteiger partial charge in [0.15, 0.2) is 6.04 Å². The van der Waals surface area contributed by atoms with Gasteiger partial charge in [0, 0.05) is 35.3 Å². The van der Waals surface area contributed by atoms with Gasteiger partial charge in [-0.05, 0) is 44.5 Å². The number of aliphatic imine (C=N–C) groups is 1. The van der Waals surface area contributed by atoms with Crippen molar-refractivity contribution >= 4 is 29.4 Å². The van der Waals surface area contributed by atoms with Gasteiger partial charge in [0.25, 0.3) is 5.69 Å². The van der Waals surface area contributed by atoms with Gasteiger partial charge in [-0.1, -0.05) is 60.7 Å². The van der Waals surface area contributed by atoms with Gasteiger partial charge in [0.1, 0.15) is 5.60 Å². The highest BCUT2D eigenvalue weighted by atomic mass is 16.6. The van der Waals surface area contributed by atoms with Gasteiger partial charge < -0.3 is 9.47 Å². The first-order chi connectivity index (χ1) is 18.1. The second-order valence-electron chi connectivity index (χ2n) is 9.47. The first-order valence-electron chi connectivity index (χ1n) is 12.0. The number of non-ortho nitro benzene ring substituents is 1. The highest BCUT2D eigenvalue weighted by molar-refractivity contribution is 6.13. The van der Waals surface area contributed by atoms with Crippen LogP contribution in [0.2, 0.25) is 0 Å². The van der Waals surface area contributed by atoms with E-state index in [0.717, 1.165) is 11.1 Å². The van der Waals surface area contributed by atoms with E-state index in [4.69, 9.17) is 14.5 Å². The van der Waals surface area contributed by atoms with Crippen LogP contribution in [0, 0.1) is 10.1 Å². The van der Waals surface area contributed by atoms with E-state index in [1.807, 2.05) is 60.7 Å². The quantitative estimate of drug-likeness (QED) is 0.118. The van der Waals surface area contributed by atoms with Gasteiger partial charge in [-0.15, -0.1) is 0 Å². The summed E-state index contributed by atoms with van der Waals surface area (Å²) in [5, 5.41) is 11.0. The summed E-state index contributed by atoms with van der Waals surface area (Å²) in [4.78, 5) is 41.5. The smallest absolute Gasteiger partial charge is 0.333 e. The van der Waals surface area contributed by atoms with Crippen molar-refractivity contribution in [3.8, 4) is 0 Å². The molecule has 3 aromatic rings. The number of nitro benzene ring substituents is 1.